The quantitative estimate of drug-likeness (QED) is 0.633. The lowest BCUT2D eigenvalue weighted by atomic mass is 9.63. The summed E-state index contributed by atoms with van der Waals surface area (Å²) in [7, 11) is 0. The van der Waals surface area contributed by atoms with Crippen LogP contribution >= 0.6 is 0 Å². The molecule has 1 aromatic rings. The fourth-order valence-corrected chi connectivity index (χ4v) is 5.90. The molecule has 0 radical (unpaired) electrons. The van der Waals surface area contributed by atoms with Gasteiger partial charge in [-0.3, -0.25) is 19.3 Å². The number of imide groups is 1. The molecule has 6 atom stereocenters. The largest absolute Gasteiger partial charge is 0.324 e. The second kappa shape index (κ2) is 6.29. The first-order valence-corrected chi connectivity index (χ1v) is 10.5. The number of carbonyl (C=O) groups is 3. The van der Waals surface area contributed by atoms with Gasteiger partial charge in [-0.25, -0.2) is 0 Å². The van der Waals surface area contributed by atoms with E-state index in [9.17, 15) is 14.4 Å². The van der Waals surface area contributed by atoms with E-state index in [2.05, 4.69) is 31.3 Å². The van der Waals surface area contributed by atoms with Crippen LogP contribution in [0.25, 0.3) is 0 Å². The topological polar surface area (TPSA) is 66.5 Å². The Morgan fingerprint density at radius 2 is 1.54 bits per heavy atom. The Morgan fingerprint density at radius 3 is 2.04 bits per heavy atom. The highest BCUT2D eigenvalue weighted by molar-refractivity contribution is 6.09. The van der Waals surface area contributed by atoms with Crippen LogP contribution in [0.5, 0.6) is 0 Å². The third kappa shape index (κ3) is 2.41. The van der Waals surface area contributed by atoms with Gasteiger partial charge in [0.05, 0.1) is 11.8 Å². The fourth-order valence-electron chi connectivity index (χ4n) is 5.90. The first-order chi connectivity index (χ1) is 13.5. The Labute approximate surface area is 165 Å². The number of anilines is 1. The Morgan fingerprint density at radius 1 is 1.00 bits per heavy atom. The van der Waals surface area contributed by atoms with Crippen molar-refractivity contribution in [3.8, 4) is 0 Å². The lowest BCUT2D eigenvalue weighted by molar-refractivity contribution is -0.142. The minimum Gasteiger partial charge on any atom is -0.324 e. The molecule has 1 aliphatic heterocycles. The van der Waals surface area contributed by atoms with E-state index in [0.717, 1.165) is 36.1 Å². The summed E-state index contributed by atoms with van der Waals surface area (Å²) < 4.78 is 0. The molecule has 1 saturated heterocycles. The number of benzene rings is 1. The third-order valence-electron chi connectivity index (χ3n) is 7.32. The number of nitrogens with one attached hydrogen (secondary N) is 1. The number of hydrogen-bond donors (Lipinski definition) is 1. The molecule has 0 spiro atoms. The molecule has 5 aliphatic rings. The predicted octanol–water partition coefficient (Wildman–Crippen LogP) is 2.80. The minimum absolute atomic E-state index is 0.144. The van der Waals surface area contributed by atoms with Gasteiger partial charge in [0.2, 0.25) is 17.7 Å². The molecule has 3 amide bonds. The normalized spacial score (nSPS) is 34.4. The summed E-state index contributed by atoms with van der Waals surface area (Å²) in [6.07, 6.45) is 7.07. The summed E-state index contributed by atoms with van der Waals surface area (Å²) >= 11 is 0. The van der Waals surface area contributed by atoms with E-state index in [4.69, 9.17) is 0 Å². The highest BCUT2D eigenvalue weighted by Gasteiger charge is 2.67. The molecule has 6 rings (SSSR count). The lowest BCUT2D eigenvalue weighted by Crippen LogP contribution is -2.40. The van der Waals surface area contributed by atoms with Crippen molar-refractivity contribution in [2.45, 2.75) is 33.1 Å². The van der Waals surface area contributed by atoms with Gasteiger partial charge in [-0.15, -0.1) is 0 Å². The lowest BCUT2D eigenvalue weighted by Gasteiger charge is -2.37. The van der Waals surface area contributed by atoms with Crippen LogP contribution in [0.4, 0.5) is 5.69 Å². The second-order valence-electron chi connectivity index (χ2n) is 8.62. The van der Waals surface area contributed by atoms with Crippen LogP contribution in [-0.2, 0) is 27.2 Å². The molecule has 28 heavy (non-hydrogen) atoms. The molecule has 0 unspecified atom stereocenters. The summed E-state index contributed by atoms with van der Waals surface area (Å²) in [5, 5.41) is 2.99. The molecule has 1 N–H and O–H groups in total. The molecule has 1 heterocycles. The van der Waals surface area contributed by atoms with Crippen LogP contribution in [0, 0.1) is 35.5 Å². The van der Waals surface area contributed by atoms with Gasteiger partial charge >= 0.3 is 0 Å². The van der Waals surface area contributed by atoms with Gasteiger partial charge in [0.15, 0.2) is 0 Å². The van der Waals surface area contributed by atoms with E-state index in [-0.39, 0.29) is 47.9 Å². The average molecular weight is 378 g/mol. The molecule has 5 nitrogen and oxygen atoms in total. The van der Waals surface area contributed by atoms with Crippen LogP contribution < -0.4 is 5.32 Å². The number of hydrogen-bond acceptors (Lipinski definition) is 3. The molecule has 2 saturated carbocycles. The summed E-state index contributed by atoms with van der Waals surface area (Å²) in [5.41, 5.74) is 2.97. The molecule has 2 bridgehead atoms. The van der Waals surface area contributed by atoms with Gasteiger partial charge < -0.3 is 5.32 Å². The number of rotatable bonds is 5. The van der Waals surface area contributed by atoms with Gasteiger partial charge in [-0.05, 0) is 54.1 Å². The zero-order valence-electron chi connectivity index (χ0n) is 16.4. The number of para-hydroxylation sites is 1. The van der Waals surface area contributed by atoms with Crippen LogP contribution in [0.15, 0.2) is 30.4 Å². The molecular weight excluding hydrogens is 352 g/mol. The Hall–Kier alpha value is -2.43. The summed E-state index contributed by atoms with van der Waals surface area (Å²) in [5.74, 6) is 0.469. The summed E-state index contributed by atoms with van der Waals surface area (Å²) in [6, 6.07) is 6.01. The van der Waals surface area contributed by atoms with Crippen LogP contribution in [0.3, 0.4) is 0 Å². The Bertz CT molecular complexity index is 847. The third-order valence-corrected chi connectivity index (χ3v) is 7.32. The van der Waals surface area contributed by atoms with E-state index in [1.807, 2.05) is 18.2 Å². The summed E-state index contributed by atoms with van der Waals surface area (Å²) in [6.45, 7) is 3.92. The van der Waals surface area contributed by atoms with Crippen molar-refractivity contribution in [3.63, 3.8) is 0 Å². The summed E-state index contributed by atoms with van der Waals surface area (Å²) in [4.78, 5) is 40.1. The van der Waals surface area contributed by atoms with Crippen molar-refractivity contribution in [1.29, 1.82) is 0 Å². The second-order valence-corrected chi connectivity index (χ2v) is 8.62. The van der Waals surface area contributed by atoms with Crippen molar-refractivity contribution < 1.29 is 14.4 Å². The number of aryl methyl sites for hydroxylation is 2. The highest BCUT2D eigenvalue weighted by atomic mass is 16.2. The SMILES string of the molecule is CCc1cccc(CC)c1NC(=O)CN1C(=O)[C@@H]2[C@H]3C=C[C@H]([C@H]4C[C@H]34)[C@@H]2C1=O. The standard InChI is InChI=1S/C23H26N2O3/c1-3-12-6-5-7-13(4-2)21(12)24-18(26)11-25-22(27)19-14-8-9-15(17-10-16(14)17)20(19)23(25)28/h5-9,14-17,19-20H,3-4,10-11H2,1-2H3,(H,24,26)/t14-,15+,16-,17-,19+,20-/m1/s1. The number of nitrogens with zero attached hydrogens (tertiary/aromatic N) is 1. The smallest absolute Gasteiger partial charge is 0.244 e. The Balaban J connectivity index is 1.35. The first kappa shape index (κ1) is 17.7. The molecular formula is C23H26N2O3. The zero-order chi connectivity index (χ0) is 19.6. The number of likely N-dealkylation sites (tertiary alicyclic amines) is 1. The Kier molecular flexibility index (Phi) is 3.97. The van der Waals surface area contributed by atoms with Gasteiger partial charge in [-0.1, -0.05) is 44.2 Å². The van der Waals surface area contributed by atoms with Gasteiger partial charge in [-0.2, -0.15) is 0 Å². The van der Waals surface area contributed by atoms with Crippen LogP contribution in [-0.4, -0.2) is 29.2 Å². The van der Waals surface area contributed by atoms with E-state index in [1.54, 1.807) is 0 Å². The fraction of sp³-hybridized carbons (Fsp3) is 0.522. The number of amides is 3. The van der Waals surface area contributed by atoms with Gasteiger partial charge in [0, 0.05) is 5.69 Å². The molecule has 3 fully saturated rings. The van der Waals surface area contributed by atoms with Crippen molar-refractivity contribution in [3.05, 3.63) is 41.5 Å². The molecule has 146 valence electrons. The van der Waals surface area contributed by atoms with Crippen molar-refractivity contribution in [1.82, 2.24) is 4.90 Å². The van der Waals surface area contributed by atoms with Crippen LogP contribution in [0.1, 0.15) is 31.4 Å². The maximum atomic E-state index is 13.0. The monoisotopic (exact) mass is 378 g/mol. The van der Waals surface area contributed by atoms with E-state index in [0.29, 0.717) is 11.8 Å². The highest BCUT2D eigenvalue weighted by Crippen LogP contribution is 2.65. The van der Waals surface area contributed by atoms with Gasteiger partial charge in [0.1, 0.15) is 6.54 Å². The minimum atomic E-state index is -0.290. The number of allylic oxidation sites excluding steroid dienone is 2. The first-order valence-electron chi connectivity index (χ1n) is 10.5. The molecule has 1 aromatic carbocycles. The maximum Gasteiger partial charge on any atom is 0.244 e. The molecule has 0 aromatic heterocycles. The predicted molar refractivity (Wildman–Crippen MR) is 105 cm³/mol. The van der Waals surface area contributed by atoms with E-state index in [1.165, 1.54) is 4.90 Å². The average Bonchev–Trinajstić information content (AvgIpc) is 3.49. The van der Waals surface area contributed by atoms with Crippen molar-refractivity contribution >= 4 is 23.4 Å². The van der Waals surface area contributed by atoms with Crippen molar-refractivity contribution in [2.24, 2.45) is 35.5 Å². The van der Waals surface area contributed by atoms with E-state index >= 15 is 0 Å². The van der Waals surface area contributed by atoms with Crippen molar-refractivity contribution in [2.75, 3.05) is 11.9 Å². The zero-order valence-corrected chi connectivity index (χ0v) is 16.4. The van der Waals surface area contributed by atoms with Crippen LogP contribution in [0.2, 0.25) is 0 Å². The molecule has 5 heteroatoms. The van der Waals surface area contributed by atoms with E-state index < -0.39 is 0 Å². The maximum absolute atomic E-state index is 13.0. The van der Waals surface area contributed by atoms with Gasteiger partial charge in [0.25, 0.3) is 0 Å². The molecule has 4 aliphatic carbocycles. The number of carbonyl (C=O) groups excluding carboxylic acids is 3.